The number of nitro benzene ring substituents is 1. The van der Waals surface area contributed by atoms with Crippen molar-refractivity contribution in [1.29, 1.82) is 0 Å². The van der Waals surface area contributed by atoms with E-state index in [0.29, 0.717) is 31.9 Å². The molecular formula is C23H20N6O3. The van der Waals surface area contributed by atoms with E-state index in [2.05, 4.69) is 44.5 Å². The quantitative estimate of drug-likeness (QED) is 0.300. The number of nitro groups is 1. The number of nitrogens with zero attached hydrogens (tertiary/aromatic N) is 5. The van der Waals surface area contributed by atoms with E-state index in [4.69, 9.17) is 0 Å². The fourth-order valence-electron chi connectivity index (χ4n) is 3.97. The van der Waals surface area contributed by atoms with Gasteiger partial charge in [-0.05, 0) is 35.0 Å². The van der Waals surface area contributed by atoms with E-state index in [9.17, 15) is 14.9 Å². The van der Waals surface area contributed by atoms with E-state index >= 15 is 0 Å². The highest BCUT2D eigenvalue weighted by molar-refractivity contribution is 6.01. The molecule has 0 radical (unpaired) electrons. The van der Waals surface area contributed by atoms with Gasteiger partial charge in [0.25, 0.3) is 5.69 Å². The van der Waals surface area contributed by atoms with Crippen molar-refractivity contribution in [3.8, 4) is 0 Å². The minimum atomic E-state index is -0.468. The van der Waals surface area contributed by atoms with E-state index in [1.165, 1.54) is 24.3 Å². The van der Waals surface area contributed by atoms with Crippen molar-refractivity contribution < 1.29 is 9.72 Å². The lowest BCUT2D eigenvalue weighted by Gasteiger charge is -2.35. The number of piperazine rings is 1. The number of carbonyl (C=O) groups is 1. The van der Waals surface area contributed by atoms with Crippen molar-refractivity contribution in [1.82, 2.24) is 14.9 Å². The van der Waals surface area contributed by atoms with Gasteiger partial charge >= 0.3 is 6.03 Å². The van der Waals surface area contributed by atoms with Crippen LogP contribution in [0.3, 0.4) is 0 Å². The maximum absolute atomic E-state index is 12.6. The molecule has 5 rings (SSSR count). The second kappa shape index (κ2) is 8.10. The van der Waals surface area contributed by atoms with Crippen LogP contribution in [0.1, 0.15) is 0 Å². The van der Waals surface area contributed by atoms with Gasteiger partial charge in [0.1, 0.15) is 12.1 Å². The van der Waals surface area contributed by atoms with E-state index in [0.717, 1.165) is 27.5 Å². The van der Waals surface area contributed by atoms with Gasteiger partial charge in [0.05, 0.1) is 10.4 Å². The Hall–Kier alpha value is -4.27. The van der Waals surface area contributed by atoms with Crippen LogP contribution in [0.2, 0.25) is 0 Å². The van der Waals surface area contributed by atoms with Crippen LogP contribution in [0.4, 0.5) is 22.0 Å². The molecule has 1 N–H and O–H groups in total. The summed E-state index contributed by atoms with van der Waals surface area (Å²) in [6.07, 6.45) is 1.58. The molecule has 9 heteroatoms. The van der Waals surface area contributed by atoms with Gasteiger partial charge < -0.3 is 15.1 Å². The highest BCUT2D eigenvalue weighted by Gasteiger charge is 2.23. The summed E-state index contributed by atoms with van der Waals surface area (Å²) in [5.74, 6) is 0.871. The number of urea groups is 1. The third-order valence-corrected chi connectivity index (χ3v) is 5.68. The first-order valence-electron chi connectivity index (χ1n) is 10.3. The molecule has 0 bridgehead atoms. The van der Waals surface area contributed by atoms with Gasteiger partial charge in [-0.1, -0.05) is 24.3 Å². The Labute approximate surface area is 183 Å². The minimum absolute atomic E-state index is 0.0125. The molecule has 0 atom stereocenters. The summed E-state index contributed by atoms with van der Waals surface area (Å²) in [5.41, 5.74) is 1.41. The molecule has 2 amide bonds. The molecule has 160 valence electrons. The molecular weight excluding hydrogens is 408 g/mol. The zero-order valence-corrected chi connectivity index (χ0v) is 17.1. The van der Waals surface area contributed by atoms with Gasteiger partial charge in [-0.15, -0.1) is 0 Å². The summed E-state index contributed by atoms with van der Waals surface area (Å²) in [4.78, 5) is 35.8. The largest absolute Gasteiger partial charge is 0.352 e. The maximum Gasteiger partial charge on any atom is 0.321 e. The summed E-state index contributed by atoms with van der Waals surface area (Å²) in [6, 6.07) is 17.9. The molecule has 0 spiro atoms. The number of nitrogens with one attached hydrogen (secondary N) is 1. The SMILES string of the molecule is O=C(Nc1ccc([N+](=O)[O-])cc1)N1CCN(c2ncnc3cc4ccccc4cc23)CC1. The number of benzene rings is 3. The smallest absolute Gasteiger partial charge is 0.321 e. The van der Waals surface area contributed by atoms with Crippen molar-refractivity contribution in [3.05, 3.63) is 77.1 Å². The maximum atomic E-state index is 12.6. The van der Waals surface area contributed by atoms with Crippen molar-refractivity contribution in [3.63, 3.8) is 0 Å². The molecule has 4 aromatic rings. The average Bonchev–Trinajstić information content (AvgIpc) is 2.83. The van der Waals surface area contributed by atoms with Crippen molar-refractivity contribution >= 4 is 44.9 Å². The summed E-state index contributed by atoms with van der Waals surface area (Å²) in [6.45, 7) is 2.37. The van der Waals surface area contributed by atoms with Gasteiger partial charge in [0.2, 0.25) is 0 Å². The Balaban J connectivity index is 1.29. The molecule has 0 aliphatic carbocycles. The van der Waals surface area contributed by atoms with Crippen LogP contribution in [0.25, 0.3) is 21.7 Å². The number of fused-ring (bicyclic) bond motifs is 2. The second-order valence-corrected chi connectivity index (χ2v) is 7.62. The van der Waals surface area contributed by atoms with Gasteiger partial charge in [-0.25, -0.2) is 14.8 Å². The number of non-ortho nitro benzene ring substituents is 1. The van der Waals surface area contributed by atoms with Crippen LogP contribution in [-0.2, 0) is 0 Å². The minimum Gasteiger partial charge on any atom is -0.352 e. The number of carbonyl (C=O) groups excluding carboxylic acids is 1. The van der Waals surface area contributed by atoms with E-state index in [1.807, 2.05) is 12.1 Å². The van der Waals surface area contributed by atoms with Crippen LogP contribution in [-0.4, -0.2) is 52.0 Å². The lowest BCUT2D eigenvalue weighted by molar-refractivity contribution is -0.384. The zero-order chi connectivity index (χ0) is 22.1. The summed E-state index contributed by atoms with van der Waals surface area (Å²) in [7, 11) is 0. The number of hydrogen-bond donors (Lipinski definition) is 1. The topological polar surface area (TPSA) is 104 Å². The lowest BCUT2D eigenvalue weighted by Crippen LogP contribution is -2.50. The number of amides is 2. The Morgan fingerprint density at radius 3 is 2.31 bits per heavy atom. The molecule has 1 fully saturated rings. The average molecular weight is 428 g/mol. The Kier molecular flexibility index (Phi) is 4.98. The van der Waals surface area contributed by atoms with Crippen LogP contribution < -0.4 is 10.2 Å². The molecule has 0 saturated carbocycles. The third-order valence-electron chi connectivity index (χ3n) is 5.68. The highest BCUT2D eigenvalue weighted by atomic mass is 16.6. The fourth-order valence-corrected chi connectivity index (χ4v) is 3.97. The summed E-state index contributed by atoms with van der Waals surface area (Å²) < 4.78 is 0. The van der Waals surface area contributed by atoms with Gasteiger partial charge in [0, 0.05) is 49.4 Å². The molecule has 0 unspecified atom stereocenters. The Morgan fingerprint density at radius 1 is 0.938 bits per heavy atom. The predicted molar refractivity (Wildman–Crippen MR) is 123 cm³/mol. The number of rotatable bonds is 3. The van der Waals surface area contributed by atoms with Crippen LogP contribution in [0.15, 0.2) is 67.0 Å². The van der Waals surface area contributed by atoms with E-state index < -0.39 is 4.92 Å². The molecule has 32 heavy (non-hydrogen) atoms. The molecule has 2 heterocycles. The zero-order valence-electron chi connectivity index (χ0n) is 17.1. The first kappa shape index (κ1) is 19.7. The van der Waals surface area contributed by atoms with Gasteiger partial charge in [0.15, 0.2) is 0 Å². The monoisotopic (exact) mass is 428 g/mol. The molecule has 1 aliphatic rings. The van der Waals surface area contributed by atoms with Gasteiger partial charge in [-0.2, -0.15) is 0 Å². The van der Waals surface area contributed by atoms with Crippen molar-refractivity contribution in [2.75, 3.05) is 36.4 Å². The highest BCUT2D eigenvalue weighted by Crippen LogP contribution is 2.28. The normalized spacial score (nSPS) is 14.0. The fraction of sp³-hybridized carbons (Fsp3) is 0.174. The van der Waals surface area contributed by atoms with Crippen molar-refractivity contribution in [2.45, 2.75) is 0 Å². The van der Waals surface area contributed by atoms with Crippen LogP contribution in [0.5, 0.6) is 0 Å². The molecule has 1 aromatic heterocycles. The number of hydrogen-bond acceptors (Lipinski definition) is 6. The summed E-state index contributed by atoms with van der Waals surface area (Å²) in [5, 5.41) is 16.8. The van der Waals surface area contributed by atoms with Crippen molar-refractivity contribution in [2.24, 2.45) is 0 Å². The Bertz CT molecular complexity index is 1320. The lowest BCUT2D eigenvalue weighted by atomic mass is 10.1. The standard InChI is InChI=1S/C23H20N6O3/c30-23(26-18-5-7-19(8-6-18)29(31)32)28-11-9-27(10-12-28)22-20-13-16-3-1-2-4-17(16)14-21(20)24-15-25-22/h1-8,13-15H,9-12H2,(H,26,30). The predicted octanol–water partition coefficient (Wildman–Crippen LogP) is 4.05. The number of anilines is 2. The molecule has 3 aromatic carbocycles. The summed E-state index contributed by atoms with van der Waals surface area (Å²) >= 11 is 0. The van der Waals surface area contributed by atoms with Crippen LogP contribution >= 0.6 is 0 Å². The van der Waals surface area contributed by atoms with E-state index in [-0.39, 0.29) is 11.7 Å². The van der Waals surface area contributed by atoms with Gasteiger partial charge in [-0.3, -0.25) is 10.1 Å². The third kappa shape index (κ3) is 3.76. The first-order valence-corrected chi connectivity index (χ1v) is 10.3. The number of aromatic nitrogens is 2. The molecule has 1 saturated heterocycles. The van der Waals surface area contributed by atoms with E-state index in [1.54, 1.807) is 11.2 Å². The first-order chi connectivity index (χ1) is 15.6. The molecule has 1 aliphatic heterocycles. The van der Waals surface area contributed by atoms with Crippen LogP contribution in [0, 0.1) is 10.1 Å². The second-order valence-electron chi connectivity index (χ2n) is 7.62. The Morgan fingerprint density at radius 2 is 1.62 bits per heavy atom. The molecule has 9 nitrogen and oxygen atoms in total.